The number of halogens is 5. The molecule has 238 valence electrons. The highest BCUT2D eigenvalue weighted by atomic mass is 19.4. The lowest BCUT2D eigenvalue weighted by Gasteiger charge is -2.21. The zero-order chi connectivity index (χ0) is 32.8. The summed E-state index contributed by atoms with van der Waals surface area (Å²) in [4.78, 5) is 58.3. The molecule has 44 heavy (non-hydrogen) atoms. The minimum atomic E-state index is -4.57. The van der Waals surface area contributed by atoms with Crippen molar-refractivity contribution in [1.29, 1.82) is 0 Å². The molecule has 0 aliphatic heterocycles. The molecule has 0 fully saturated rings. The monoisotopic (exact) mass is 626 g/mol. The zero-order valence-electron chi connectivity index (χ0n) is 24.0. The number of amides is 3. The Morgan fingerprint density at radius 2 is 1.89 bits per heavy atom. The number of nitrogens with zero attached hydrogens (tertiary/aromatic N) is 4. The molecule has 0 aliphatic rings. The third kappa shape index (κ3) is 8.87. The molecule has 16 heteroatoms. The second-order valence-electron chi connectivity index (χ2n) is 10.3. The number of nitrogens with one attached hydrogen (secondary N) is 2. The van der Waals surface area contributed by atoms with Gasteiger partial charge in [-0.1, -0.05) is 6.08 Å². The largest absolute Gasteiger partial charge is 0.465 e. The molecule has 0 saturated carbocycles. The van der Waals surface area contributed by atoms with Crippen molar-refractivity contribution in [1.82, 2.24) is 24.3 Å². The van der Waals surface area contributed by atoms with Gasteiger partial charge in [0.2, 0.25) is 11.8 Å². The molecule has 1 aromatic carbocycles. The Hall–Kier alpha value is -4.76. The summed E-state index contributed by atoms with van der Waals surface area (Å²) in [5, 5.41) is 11.8. The van der Waals surface area contributed by atoms with Crippen LogP contribution in [-0.4, -0.2) is 81.2 Å². The van der Waals surface area contributed by atoms with Crippen LogP contribution in [0.1, 0.15) is 30.7 Å². The molecule has 2 aromatic heterocycles. The van der Waals surface area contributed by atoms with Crippen LogP contribution in [-0.2, 0) is 22.6 Å². The number of allylic oxidation sites excluding steroid dienone is 1. The van der Waals surface area contributed by atoms with E-state index in [1.807, 2.05) is 0 Å². The molecule has 0 bridgehead atoms. The van der Waals surface area contributed by atoms with Crippen LogP contribution in [0.5, 0.6) is 0 Å². The number of benzene rings is 1. The van der Waals surface area contributed by atoms with Gasteiger partial charge in [-0.05, 0) is 37.5 Å². The highest BCUT2D eigenvalue weighted by molar-refractivity contribution is 5.92. The minimum Gasteiger partial charge on any atom is -0.465 e. The van der Waals surface area contributed by atoms with Crippen molar-refractivity contribution in [2.45, 2.75) is 38.4 Å². The Balaban J connectivity index is 1.83. The van der Waals surface area contributed by atoms with Crippen molar-refractivity contribution in [3.8, 4) is 0 Å². The van der Waals surface area contributed by atoms with Crippen molar-refractivity contribution in [2.24, 2.45) is 5.92 Å². The molecule has 2 heterocycles. The number of rotatable bonds is 12. The molecule has 3 rings (SSSR count). The Kier molecular flexibility index (Phi) is 10.8. The zero-order valence-corrected chi connectivity index (χ0v) is 24.0. The number of hydrogen-bond acceptors (Lipinski definition) is 5. The quantitative estimate of drug-likeness (QED) is 0.204. The maximum Gasteiger partial charge on any atom is 0.407 e. The highest BCUT2D eigenvalue weighted by Crippen LogP contribution is 2.28. The number of aromatic nitrogens is 3. The van der Waals surface area contributed by atoms with Crippen LogP contribution in [0, 0.1) is 17.6 Å². The number of carboxylic acid groups (broad SMARTS) is 1. The molecule has 3 aromatic rings. The first-order chi connectivity index (χ1) is 20.6. The molecular weight excluding hydrogens is 595 g/mol. The molecule has 3 amide bonds. The van der Waals surface area contributed by atoms with E-state index in [1.165, 1.54) is 36.4 Å². The predicted molar refractivity (Wildman–Crippen MR) is 150 cm³/mol. The second-order valence-corrected chi connectivity index (χ2v) is 10.3. The van der Waals surface area contributed by atoms with Gasteiger partial charge in [-0.15, -0.1) is 0 Å². The van der Waals surface area contributed by atoms with Gasteiger partial charge in [0, 0.05) is 51.9 Å². The molecule has 1 atom stereocenters. The summed E-state index contributed by atoms with van der Waals surface area (Å²) < 4.78 is 68.2. The number of carbonyl (C=O) groups is 3. The molecule has 0 radical (unpaired) electrons. The summed E-state index contributed by atoms with van der Waals surface area (Å²) >= 11 is 0. The minimum absolute atomic E-state index is 0.0525. The van der Waals surface area contributed by atoms with E-state index in [0.29, 0.717) is 6.07 Å². The van der Waals surface area contributed by atoms with Gasteiger partial charge in [-0.3, -0.25) is 14.4 Å². The van der Waals surface area contributed by atoms with E-state index in [-0.39, 0.29) is 54.4 Å². The van der Waals surface area contributed by atoms with Gasteiger partial charge in [0.25, 0.3) is 5.56 Å². The van der Waals surface area contributed by atoms with Crippen molar-refractivity contribution in [2.75, 3.05) is 33.0 Å². The first kappa shape index (κ1) is 33.7. The standard InChI is InChI=1S/C28H31F5N6O5/c1-37(2)22(40)9-5-4-7-16(14-38(3)27(43)44)25(41)34-20-8-6-12-39(26(20)42)15-21-35-23-17(10-11-28(31,32)33)18(29)13-19(30)24(23)36-21/h5-6,8-9,12-13,16H,4,7,10-11,14-15H2,1-3H3,(H,34,41)(H,35,36)(H,43,44)/b9-5+/t16-/m0/s1. The van der Waals surface area contributed by atoms with Gasteiger partial charge in [-0.25, -0.2) is 18.6 Å². The van der Waals surface area contributed by atoms with Gasteiger partial charge < -0.3 is 29.8 Å². The number of alkyl halides is 3. The third-order valence-electron chi connectivity index (χ3n) is 6.65. The molecule has 0 unspecified atom stereocenters. The normalized spacial score (nSPS) is 12.5. The topological polar surface area (TPSA) is 141 Å². The third-order valence-corrected chi connectivity index (χ3v) is 6.65. The Labute approximate surface area is 248 Å². The number of pyridine rings is 1. The molecule has 0 saturated heterocycles. The summed E-state index contributed by atoms with van der Waals surface area (Å²) in [7, 11) is 4.42. The maximum absolute atomic E-state index is 14.4. The summed E-state index contributed by atoms with van der Waals surface area (Å²) in [5.41, 5.74) is -1.93. The van der Waals surface area contributed by atoms with Crippen LogP contribution in [0.2, 0.25) is 0 Å². The van der Waals surface area contributed by atoms with E-state index in [4.69, 9.17) is 0 Å². The van der Waals surface area contributed by atoms with Crippen LogP contribution in [0.4, 0.5) is 32.4 Å². The van der Waals surface area contributed by atoms with Crippen molar-refractivity contribution in [3.05, 3.63) is 69.9 Å². The number of hydrogen-bond donors (Lipinski definition) is 3. The van der Waals surface area contributed by atoms with Crippen LogP contribution < -0.4 is 10.9 Å². The fourth-order valence-electron chi connectivity index (χ4n) is 4.28. The first-order valence-corrected chi connectivity index (χ1v) is 13.3. The van der Waals surface area contributed by atoms with E-state index in [0.717, 1.165) is 9.47 Å². The highest BCUT2D eigenvalue weighted by Gasteiger charge is 2.29. The SMILES string of the molecule is CN(C)C(=O)/C=C/CC[C@@H](CN(C)C(=O)O)C(=O)Nc1cccn(Cc2nc3c(F)cc(F)c(CCC(F)(F)F)c3[nH]2)c1=O. The lowest BCUT2D eigenvalue weighted by molar-refractivity contribution is -0.134. The number of aryl methyl sites for hydroxylation is 1. The van der Waals surface area contributed by atoms with Crippen LogP contribution in [0.3, 0.4) is 0 Å². The van der Waals surface area contributed by atoms with Gasteiger partial charge in [0.05, 0.1) is 18.0 Å². The van der Waals surface area contributed by atoms with Crippen molar-refractivity contribution >= 4 is 34.6 Å². The van der Waals surface area contributed by atoms with E-state index >= 15 is 0 Å². The van der Waals surface area contributed by atoms with Crippen molar-refractivity contribution in [3.63, 3.8) is 0 Å². The number of anilines is 1. The number of fused-ring (bicyclic) bond motifs is 1. The molecule has 11 nitrogen and oxygen atoms in total. The summed E-state index contributed by atoms with van der Waals surface area (Å²) in [6.45, 7) is -0.525. The Morgan fingerprint density at radius 3 is 2.52 bits per heavy atom. The summed E-state index contributed by atoms with van der Waals surface area (Å²) in [5.74, 6) is -4.14. The number of aromatic amines is 1. The Morgan fingerprint density at radius 1 is 1.18 bits per heavy atom. The average Bonchev–Trinajstić information content (AvgIpc) is 3.35. The van der Waals surface area contributed by atoms with Crippen LogP contribution in [0.25, 0.3) is 11.0 Å². The Bertz CT molecular complexity index is 1610. The van der Waals surface area contributed by atoms with Gasteiger partial charge in [0.1, 0.15) is 22.8 Å². The smallest absolute Gasteiger partial charge is 0.407 e. The lowest BCUT2D eigenvalue weighted by atomic mass is 10.0. The summed E-state index contributed by atoms with van der Waals surface area (Å²) in [6.07, 6.45) is -3.32. The number of H-pyrrole nitrogens is 1. The van der Waals surface area contributed by atoms with Crippen LogP contribution in [0.15, 0.2) is 41.3 Å². The molecular formula is C28H31F5N6O5. The van der Waals surface area contributed by atoms with Gasteiger partial charge in [-0.2, -0.15) is 13.2 Å². The average molecular weight is 627 g/mol. The first-order valence-electron chi connectivity index (χ1n) is 13.3. The fourth-order valence-corrected chi connectivity index (χ4v) is 4.28. The van der Waals surface area contributed by atoms with Gasteiger partial charge in [0.15, 0.2) is 5.82 Å². The lowest BCUT2D eigenvalue weighted by Crippen LogP contribution is -2.37. The maximum atomic E-state index is 14.4. The molecule has 0 spiro atoms. The number of likely N-dealkylation sites (N-methyl/N-ethyl adjacent to an activating group) is 1. The van der Waals surface area contributed by atoms with E-state index in [9.17, 15) is 46.2 Å². The van der Waals surface area contributed by atoms with Crippen molar-refractivity contribution < 1.29 is 41.4 Å². The molecule has 0 aliphatic carbocycles. The van der Waals surface area contributed by atoms with Gasteiger partial charge >= 0.3 is 12.3 Å². The summed E-state index contributed by atoms with van der Waals surface area (Å²) in [6, 6.07) is 3.19. The number of carbonyl (C=O) groups excluding carboxylic acids is 2. The van der Waals surface area contributed by atoms with E-state index in [2.05, 4.69) is 15.3 Å². The van der Waals surface area contributed by atoms with E-state index < -0.39 is 59.7 Å². The van der Waals surface area contributed by atoms with E-state index in [1.54, 1.807) is 20.2 Å². The number of imidazole rings is 1. The fraction of sp³-hybridized carbons (Fsp3) is 0.393. The molecule has 3 N–H and O–H groups in total. The second kappa shape index (κ2) is 14.1. The predicted octanol–water partition coefficient (Wildman–Crippen LogP) is 4.14. The van der Waals surface area contributed by atoms with Crippen LogP contribution >= 0.6 is 0 Å².